The monoisotopic (exact) mass is 271 g/mol. The van der Waals surface area contributed by atoms with E-state index in [-0.39, 0.29) is 5.69 Å². The molecule has 0 atom stereocenters. The quantitative estimate of drug-likeness (QED) is 0.771. The summed E-state index contributed by atoms with van der Waals surface area (Å²) in [5, 5.41) is 10.4. The standard InChI is InChI=1S/C13H13N5O2/c1-8-12(9(2)20-17-8)18-11(15-16-13(18)19)7-10-3-5-14-6-4-10/h3-6H,7H2,1-2H3,(H,16,19). The Morgan fingerprint density at radius 2 is 2.05 bits per heavy atom. The topological polar surface area (TPSA) is 89.6 Å². The van der Waals surface area contributed by atoms with Gasteiger partial charge in [-0.2, -0.15) is 5.10 Å². The second kappa shape index (κ2) is 4.76. The van der Waals surface area contributed by atoms with Gasteiger partial charge in [-0.3, -0.25) is 4.98 Å². The van der Waals surface area contributed by atoms with Gasteiger partial charge in [-0.15, -0.1) is 0 Å². The van der Waals surface area contributed by atoms with E-state index < -0.39 is 0 Å². The molecule has 0 aliphatic carbocycles. The van der Waals surface area contributed by atoms with Crippen LogP contribution in [0.3, 0.4) is 0 Å². The lowest BCUT2D eigenvalue weighted by Gasteiger charge is -2.04. The molecule has 0 saturated heterocycles. The van der Waals surface area contributed by atoms with Crippen LogP contribution in [0.15, 0.2) is 33.8 Å². The third-order valence-corrected chi connectivity index (χ3v) is 3.07. The van der Waals surface area contributed by atoms with Crippen LogP contribution < -0.4 is 5.69 Å². The van der Waals surface area contributed by atoms with Crippen molar-refractivity contribution in [2.75, 3.05) is 0 Å². The molecule has 102 valence electrons. The van der Waals surface area contributed by atoms with Crippen LogP contribution >= 0.6 is 0 Å². The Bertz CT molecular complexity index is 765. The van der Waals surface area contributed by atoms with E-state index in [1.165, 1.54) is 4.57 Å². The van der Waals surface area contributed by atoms with Crippen LogP contribution in [0.4, 0.5) is 0 Å². The number of hydrogen-bond donors (Lipinski definition) is 1. The van der Waals surface area contributed by atoms with Gasteiger partial charge in [0.25, 0.3) is 0 Å². The van der Waals surface area contributed by atoms with Crippen LogP contribution in [0, 0.1) is 13.8 Å². The van der Waals surface area contributed by atoms with E-state index in [9.17, 15) is 4.79 Å². The van der Waals surface area contributed by atoms with Crippen molar-refractivity contribution in [2.24, 2.45) is 0 Å². The maximum Gasteiger partial charge on any atom is 0.348 e. The molecule has 0 radical (unpaired) electrons. The lowest BCUT2D eigenvalue weighted by atomic mass is 10.2. The fraction of sp³-hybridized carbons (Fsp3) is 0.231. The fourth-order valence-electron chi connectivity index (χ4n) is 2.16. The molecule has 0 bridgehead atoms. The van der Waals surface area contributed by atoms with Crippen molar-refractivity contribution in [1.29, 1.82) is 0 Å². The van der Waals surface area contributed by atoms with Crippen LogP contribution in [0.5, 0.6) is 0 Å². The number of nitrogens with zero attached hydrogens (tertiary/aromatic N) is 4. The van der Waals surface area contributed by atoms with Crippen molar-refractivity contribution < 1.29 is 4.52 Å². The van der Waals surface area contributed by atoms with Gasteiger partial charge in [0.2, 0.25) is 0 Å². The minimum absolute atomic E-state index is 0.302. The Balaban J connectivity index is 2.09. The summed E-state index contributed by atoms with van der Waals surface area (Å²) >= 11 is 0. The number of aromatic amines is 1. The molecule has 3 heterocycles. The Hall–Kier alpha value is -2.70. The first kappa shape index (κ1) is 12.3. The summed E-state index contributed by atoms with van der Waals surface area (Å²) < 4.78 is 6.62. The molecule has 0 fully saturated rings. The summed E-state index contributed by atoms with van der Waals surface area (Å²) in [7, 11) is 0. The SMILES string of the molecule is Cc1noc(C)c1-n1c(Cc2ccncc2)n[nH]c1=O. The van der Waals surface area contributed by atoms with Crippen molar-refractivity contribution in [1.82, 2.24) is 24.9 Å². The Morgan fingerprint density at radius 3 is 2.70 bits per heavy atom. The molecule has 0 amide bonds. The number of pyridine rings is 1. The Labute approximate surface area is 114 Å². The van der Waals surface area contributed by atoms with E-state index in [0.717, 1.165) is 5.56 Å². The highest BCUT2D eigenvalue weighted by atomic mass is 16.5. The Kier molecular flexibility index (Phi) is 2.94. The molecular weight excluding hydrogens is 258 g/mol. The molecule has 7 nitrogen and oxygen atoms in total. The molecule has 0 aromatic carbocycles. The first-order valence-corrected chi connectivity index (χ1v) is 6.15. The minimum atomic E-state index is -0.302. The number of aryl methyl sites for hydroxylation is 2. The van der Waals surface area contributed by atoms with Gasteiger partial charge in [0.05, 0.1) is 0 Å². The largest absolute Gasteiger partial charge is 0.359 e. The highest BCUT2D eigenvalue weighted by molar-refractivity contribution is 5.39. The molecule has 1 N–H and O–H groups in total. The zero-order chi connectivity index (χ0) is 14.1. The predicted molar refractivity (Wildman–Crippen MR) is 70.8 cm³/mol. The molecular formula is C13H13N5O2. The number of hydrogen-bond acceptors (Lipinski definition) is 5. The summed E-state index contributed by atoms with van der Waals surface area (Å²) in [4.78, 5) is 16.0. The highest BCUT2D eigenvalue weighted by Gasteiger charge is 2.18. The van der Waals surface area contributed by atoms with Crippen LogP contribution in [-0.4, -0.2) is 24.9 Å². The third-order valence-electron chi connectivity index (χ3n) is 3.07. The molecule has 3 aromatic rings. The molecule has 0 spiro atoms. The third kappa shape index (κ3) is 2.03. The predicted octanol–water partition coefficient (Wildman–Crippen LogP) is 1.15. The van der Waals surface area contributed by atoms with E-state index in [2.05, 4.69) is 20.3 Å². The lowest BCUT2D eigenvalue weighted by Crippen LogP contribution is -2.18. The van der Waals surface area contributed by atoms with Crippen LogP contribution in [-0.2, 0) is 6.42 Å². The smallest absolute Gasteiger partial charge is 0.348 e. The van der Waals surface area contributed by atoms with Gasteiger partial charge in [-0.05, 0) is 31.5 Å². The number of nitrogens with one attached hydrogen (secondary N) is 1. The first-order chi connectivity index (χ1) is 9.66. The summed E-state index contributed by atoms with van der Waals surface area (Å²) in [6, 6.07) is 3.77. The molecule has 3 aromatic heterocycles. The maximum absolute atomic E-state index is 12.0. The van der Waals surface area contributed by atoms with Crippen molar-refractivity contribution in [3.8, 4) is 5.69 Å². The van der Waals surface area contributed by atoms with E-state index in [4.69, 9.17) is 4.52 Å². The van der Waals surface area contributed by atoms with Crippen LogP contribution in [0.25, 0.3) is 5.69 Å². The van der Waals surface area contributed by atoms with E-state index in [1.807, 2.05) is 12.1 Å². The van der Waals surface area contributed by atoms with E-state index in [1.54, 1.807) is 26.2 Å². The summed E-state index contributed by atoms with van der Waals surface area (Å²) in [5.74, 6) is 1.19. The van der Waals surface area contributed by atoms with Gasteiger partial charge >= 0.3 is 5.69 Å². The first-order valence-electron chi connectivity index (χ1n) is 6.15. The van der Waals surface area contributed by atoms with Gasteiger partial charge in [-0.25, -0.2) is 14.5 Å². The molecule has 0 saturated carbocycles. The van der Waals surface area contributed by atoms with Crippen LogP contribution in [0.2, 0.25) is 0 Å². The summed E-state index contributed by atoms with van der Waals surface area (Å²) in [6.45, 7) is 3.56. The van der Waals surface area contributed by atoms with Crippen molar-refractivity contribution in [3.05, 3.63) is 57.9 Å². The molecule has 7 heteroatoms. The number of H-pyrrole nitrogens is 1. The van der Waals surface area contributed by atoms with Crippen molar-refractivity contribution >= 4 is 0 Å². The zero-order valence-corrected chi connectivity index (χ0v) is 11.1. The van der Waals surface area contributed by atoms with Crippen molar-refractivity contribution in [3.63, 3.8) is 0 Å². The average molecular weight is 271 g/mol. The fourth-order valence-corrected chi connectivity index (χ4v) is 2.16. The minimum Gasteiger partial charge on any atom is -0.359 e. The normalized spacial score (nSPS) is 10.9. The second-order valence-corrected chi connectivity index (χ2v) is 4.49. The number of rotatable bonds is 3. The maximum atomic E-state index is 12.0. The lowest BCUT2D eigenvalue weighted by molar-refractivity contribution is 0.393. The summed E-state index contributed by atoms with van der Waals surface area (Å²) in [5.41, 5.74) is 2.02. The van der Waals surface area contributed by atoms with Gasteiger partial charge in [0.15, 0.2) is 5.76 Å². The van der Waals surface area contributed by atoms with Crippen molar-refractivity contribution in [2.45, 2.75) is 20.3 Å². The average Bonchev–Trinajstić information content (AvgIpc) is 2.95. The molecule has 3 rings (SSSR count). The van der Waals surface area contributed by atoms with Gasteiger partial charge in [0.1, 0.15) is 17.2 Å². The number of aromatic nitrogens is 5. The molecule has 0 aliphatic rings. The highest BCUT2D eigenvalue weighted by Crippen LogP contribution is 2.18. The van der Waals surface area contributed by atoms with Gasteiger partial charge in [-0.1, -0.05) is 5.16 Å². The van der Waals surface area contributed by atoms with E-state index >= 15 is 0 Å². The zero-order valence-electron chi connectivity index (χ0n) is 11.1. The molecule has 0 aliphatic heterocycles. The molecule has 0 unspecified atom stereocenters. The summed E-state index contributed by atoms with van der Waals surface area (Å²) in [6.07, 6.45) is 3.94. The van der Waals surface area contributed by atoms with E-state index in [0.29, 0.717) is 29.4 Å². The Morgan fingerprint density at radius 1 is 1.30 bits per heavy atom. The van der Waals surface area contributed by atoms with Crippen LogP contribution in [0.1, 0.15) is 22.8 Å². The molecule has 20 heavy (non-hydrogen) atoms. The van der Waals surface area contributed by atoms with Gasteiger partial charge in [0, 0.05) is 18.8 Å². The second-order valence-electron chi connectivity index (χ2n) is 4.49. The van der Waals surface area contributed by atoms with Gasteiger partial charge < -0.3 is 4.52 Å².